The highest BCUT2D eigenvalue weighted by atomic mass is 16.3. The second-order valence-electron chi connectivity index (χ2n) is 5.75. The van der Waals surface area contributed by atoms with Crippen molar-refractivity contribution < 1.29 is 9.90 Å². The molecule has 0 fully saturated rings. The van der Waals surface area contributed by atoms with Crippen molar-refractivity contribution in [2.45, 2.75) is 20.0 Å². The van der Waals surface area contributed by atoms with Gasteiger partial charge < -0.3 is 15.0 Å². The number of hydrogen-bond donors (Lipinski definition) is 2. The molecule has 0 unspecified atom stereocenters. The Morgan fingerprint density at radius 2 is 1.92 bits per heavy atom. The number of carbonyl (C=O) groups is 1. The van der Waals surface area contributed by atoms with E-state index >= 15 is 0 Å². The van der Waals surface area contributed by atoms with Gasteiger partial charge in [-0.3, -0.25) is 4.79 Å². The van der Waals surface area contributed by atoms with Crippen LogP contribution in [-0.2, 0) is 13.1 Å². The van der Waals surface area contributed by atoms with Gasteiger partial charge in [-0.05, 0) is 35.7 Å². The van der Waals surface area contributed by atoms with Crippen molar-refractivity contribution in [3.8, 4) is 5.75 Å². The SMILES string of the molecule is Cc1ccc(C(=O)NCc2ccc(Cn3ccnc3)cc2)c(O)c1. The largest absolute Gasteiger partial charge is 0.507 e. The van der Waals surface area contributed by atoms with Crippen molar-refractivity contribution in [1.29, 1.82) is 0 Å². The topological polar surface area (TPSA) is 67.2 Å². The summed E-state index contributed by atoms with van der Waals surface area (Å²) >= 11 is 0. The Morgan fingerprint density at radius 1 is 1.17 bits per heavy atom. The van der Waals surface area contributed by atoms with Gasteiger partial charge in [0.05, 0.1) is 11.9 Å². The van der Waals surface area contributed by atoms with Gasteiger partial charge in [0.2, 0.25) is 0 Å². The average molecular weight is 321 g/mol. The number of phenolic OH excluding ortho intramolecular Hbond substituents is 1. The molecule has 3 rings (SSSR count). The van der Waals surface area contributed by atoms with Gasteiger partial charge in [-0.2, -0.15) is 0 Å². The molecule has 5 heteroatoms. The number of nitrogens with one attached hydrogen (secondary N) is 1. The van der Waals surface area contributed by atoms with E-state index in [0.29, 0.717) is 6.54 Å². The molecule has 1 aromatic heterocycles. The molecule has 0 bridgehead atoms. The van der Waals surface area contributed by atoms with E-state index in [2.05, 4.69) is 10.3 Å². The van der Waals surface area contributed by atoms with Crippen molar-refractivity contribution in [2.75, 3.05) is 0 Å². The quantitative estimate of drug-likeness (QED) is 0.759. The zero-order valence-electron chi connectivity index (χ0n) is 13.4. The standard InChI is InChI=1S/C19H19N3O2/c1-14-2-7-17(18(23)10-14)19(24)21-11-15-3-5-16(6-4-15)12-22-9-8-20-13-22/h2-10,13,23H,11-12H2,1H3,(H,21,24). The lowest BCUT2D eigenvalue weighted by atomic mass is 10.1. The van der Waals surface area contributed by atoms with Gasteiger partial charge in [0, 0.05) is 25.5 Å². The van der Waals surface area contributed by atoms with Crippen molar-refractivity contribution in [3.05, 3.63) is 83.4 Å². The predicted molar refractivity (Wildman–Crippen MR) is 91.8 cm³/mol. The second-order valence-corrected chi connectivity index (χ2v) is 5.75. The number of nitrogens with zero attached hydrogens (tertiary/aromatic N) is 2. The van der Waals surface area contributed by atoms with E-state index < -0.39 is 0 Å². The Labute approximate surface area is 140 Å². The van der Waals surface area contributed by atoms with Crippen LogP contribution in [-0.4, -0.2) is 20.6 Å². The summed E-state index contributed by atoms with van der Waals surface area (Å²) in [5.74, 6) is -0.279. The maximum Gasteiger partial charge on any atom is 0.255 e. The van der Waals surface area contributed by atoms with Gasteiger partial charge in [-0.15, -0.1) is 0 Å². The van der Waals surface area contributed by atoms with Crippen LogP contribution >= 0.6 is 0 Å². The maximum atomic E-state index is 12.1. The molecule has 5 nitrogen and oxygen atoms in total. The molecular weight excluding hydrogens is 302 g/mol. The van der Waals surface area contributed by atoms with E-state index in [-0.39, 0.29) is 17.2 Å². The summed E-state index contributed by atoms with van der Waals surface area (Å²) in [5, 5.41) is 12.7. The van der Waals surface area contributed by atoms with Crippen molar-refractivity contribution in [1.82, 2.24) is 14.9 Å². The first-order valence-corrected chi connectivity index (χ1v) is 7.73. The first kappa shape index (κ1) is 15.8. The lowest BCUT2D eigenvalue weighted by molar-refractivity contribution is 0.0948. The van der Waals surface area contributed by atoms with Crippen LogP contribution in [0.3, 0.4) is 0 Å². The minimum absolute atomic E-state index is 0.00294. The van der Waals surface area contributed by atoms with Gasteiger partial charge in [0.25, 0.3) is 5.91 Å². The summed E-state index contributed by atoms with van der Waals surface area (Å²) in [5.41, 5.74) is 3.37. The summed E-state index contributed by atoms with van der Waals surface area (Å²) in [7, 11) is 0. The Kier molecular flexibility index (Phi) is 4.61. The Hall–Kier alpha value is -3.08. The number of benzene rings is 2. The van der Waals surface area contributed by atoms with Crippen molar-refractivity contribution >= 4 is 5.91 Å². The first-order chi connectivity index (χ1) is 11.6. The number of aromatic nitrogens is 2. The molecule has 122 valence electrons. The molecule has 1 amide bonds. The number of amides is 1. The lowest BCUT2D eigenvalue weighted by Crippen LogP contribution is -2.22. The molecule has 0 atom stereocenters. The maximum absolute atomic E-state index is 12.1. The van der Waals surface area contributed by atoms with Crippen LogP contribution in [0.2, 0.25) is 0 Å². The molecule has 2 aromatic carbocycles. The molecule has 3 aromatic rings. The predicted octanol–water partition coefficient (Wildman–Crippen LogP) is 2.88. The average Bonchev–Trinajstić information content (AvgIpc) is 3.07. The minimum atomic E-state index is -0.282. The molecule has 1 heterocycles. The summed E-state index contributed by atoms with van der Waals surface area (Å²) < 4.78 is 2.00. The molecule has 0 aliphatic rings. The minimum Gasteiger partial charge on any atom is -0.507 e. The van der Waals surface area contributed by atoms with Gasteiger partial charge in [0.1, 0.15) is 5.75 Å². The van der Waals surface area contributed by atoms with Crippen LogP contribution < -0.4 is 5.32 Å². The molecule has 0 saturated carbocycles. The van der Waals surface area contributed by atoms with Gasteiger partial charge in [-0.1, -0.05) is 30.3 Å². The van der Waals surface area contributed by atoms with Crippen molar-refractivity contribution in [2.24, 2.45) is 0 Å². The van der Waals surface area contributed by atoms with E-state index in [4.69, 9.17) is 0 Å². The Balaban J connectivity index is 1.59. The number of imidazole rings is 1. The van der Waals surface area contributed by atoms with Crippen LogP contribution in [0, 0.1) is 6.92 Å². The van der Waals surface area contributed by atoms with Crippen LogP contribution in [0.15, 0.2) is 61.2 Å². The molecule has 0 spiro atoms. The fourth-order valence-corrected chi connectivity index (χ4v) is 2.46. The smallest absolute Gasteiger partial charge is 0.255 e. The van der Waals surface area contributed by atoms with Crippen LogP contribution in [0.1, 0.15) is 27.0 Å². The molecule has 2 N–H and O–H groups in total. The highest BCUT2D eigenvalue weighted by molar-refractivity contribution is 5.96. The fraction of sp³-hybridized carbons (Fsp3) is 0.158. The number of hydrogen-bond acceptors (Lipinski definition) is 3. The summed E-state index contributed by atoms with van der Waals surface area (Å²) in [6.45, 7) is 3.05. The fourth-order valence-electron chi connectivity index (χ4n) is 2.46. The summed E-state index contributed by atoms with van der Waals surface area (Å²) in [6.07, 6.45) is 5.45. The van der Waals surface area contributed by atoms with E-state index in [1.807, 2.05) is 42.0 Å². The number of carbonyl (C=O) groups excluding carboxylic acids is 1. The zero-order chi connectivity index (χ0) is 16.9. The Bertz CT molecular complexity index is 824. The lowest BCUT2D eigenvalue weighted by Gasteiger charge is -2.08. The van der Waals surface area contributed by atoms with Gasteiger partial charge in [0.15, 0.2) is 0 Å². The van der Waals surface area contributed by atoms with E-state index in [0.717, 1.165) is 17.7 Å². The molecule has 0 radical (unpaired) electrons. The third-order valence-electron chi connectivity index (χ3n) is 3.80. The molecule has 0 saturated heterocycles. The van der Waals surface area contributed by atoms with E-state index in [9.17, 15) is 9.90 Å². The summed E-state index contributed by atoms with van der Waals surface area (Å²) in [4.78, 5) is 16.2. The normalized spacial score (nSPS) is 10.5. The van der Waals surface area contributed by atoms with E-state index in [1.54, 1.807) is 30.7 Å². The van der Waals surface area contributed by atoms with E-state index in [1.165, 1.54) is 5.56 Å². The van der Waals surface area contributed by atoms with Crippen LogP contribution in [0.4, 0.5) is 0 Å². The first-order valence-electron chi connectivity index (χ1n) is 7.73. The second kappa shape index (κ2) is 7.00. The molecular formula is C19H19N3O2. The third kappa shape index (κ3) is 3.81. The molecule has 0 aliphatic carbocycles. The Morgan fingerprint density at radius 3 is 2.58 bits per heavy atom. The van der Waals surface area contributed by atoms with Gasteiger partial charge >= 0.3 is 0 Å². The van der Waals surface area contributed by atoms with Crippen LogP contribution in [0.5, 0.6) is 5.75 Å². The van der Waals surface area contributed by atoms with Crippen molar-refractivity contribution in [3.63, 3.8) is 0 Å². The number of aromatic hydroxyl groups is 1. The van der Waals surface area contributed by atoms with Gasteiger partial charge in [-0.25, -0.2) is 4.98 Å². The molecule has 24 heavy (non-hydrogen) atoms. The highest BCUT2D eigenvalue weighted by Gasteiger charge is 2.10. The third-order valence-corrected chi connectivity index (χ3v) is 3.80. The number of aryl methyl sites for hydroxylation is 1. The zero-order valence-corrected chi connectivity index (χ0v) is 13.4. The highest BCUT2D eigenvalue weighted by Crippen LogP contribution is 2.18. The monoisotopic (exact) mass is 321 g/mol. The summed E-state index contributed by atoms with van der Waals surface area (Å²) in [6, 6.07) is 13.1. The number of rotatable bonds is 5. The number of phenols is 1. The molecule has 0 aliphatic heterocycles. The van der Waals surface area contributed by atoms with Crippen LogP contribution in [0.25, 0.3) is 0 Å².